The quantitative estimate of drug-likeness (QED) is 0.264. The maximum Gasteiger partial charge on any atom is 0.417 e. The van der Waals surface area contributed by atoms with Crippen molar-refractivity contribution in [1.82, 2.24) is 19.8 Å². The largest absolute Gasteiger partial charge is 0.417 e. The van der Waals surface area contributed by atoms with Gasteiger partial charge in [0, 0.05) is 54.9 Å². The minimum absolute atomic E-state index is 0.0727. The molecule has 1 N–H and O–H groups in total. The first-order valence-electron chi connectivity index (χ1n) is 12.0. The monoisotopic (exact) mass is 558 g/mol. The van der Waals surface area contributed by atoms with Crippen LogP contribution in [-0.2, 0) is 25.7 Å². The van der Waals surface area contributed by atoms with Crippen molar-refractivity contribution in [2.75, 3.05) is 13.1 Å². The van der Waals surface area contributed by atoms with E-state index >= 15 is 0 Å². The predicted octanol–water partition coefficient (Wildman–Crippen LogP) is 7.19. The molecule has 38 heavy (non-hydrogen) atoms. The van der Waals surface area contributed by atoms with Crippen molar-refractivity contribution in [1.29, 1.82) is 0 Å². The van der Waals surface area contributed by atoms with Crippen LogP contribution in [0.25, 0.3) is 17.0 Å². The third-order valence-electron chi connectivity index (χ3n) is 6.54. The smallest absolute Gasteiger partial charge is 0.333 e. The second kappa shape index (κ2) is 10.8. The molecule has 0 fully saturated rings. The average Bonchev–Trinajstić information content (AvgIpc) is 3.22. The van der Waals surface area contributed by atoms with Crippen molar-refractivity contribution in [3.63, 3.8) is 0 Å². The molecule has 0 atom stereocenters. The van der Waals surface area contributed by atoms with Gasteiger partial charge >= 0.3 is 12.2 Å². The number of fused-ring (bicyclic) bond motifs is 3. The maximum atomic E-state index is 14.1. The van der Waals surface area contributed by atoms with Gasteiger partial charge in [-0.25, -0.2) is 9.78 Å². The van der Waals surface area contributed by atoms with E-state index in [0.717, 1.165) is 17.2 Å². The first-order valence-corrected chi connectivity index (χ1v) is 12.7. The van der Waals surface area contributed by atoms with Gasteiger partial charge in [-0.05, 0) is 53.1 Å². The second-order valence-corrected chi connectivity index (χ2v) is 9.87. The van der Waals surface area contributed by atoms with Crippen LogP contribution in [0.2, 0.25) is 10.2 Å². The number of alkyl halides is 3. The van der Waals surface area contributed by atoms with Crippen molar-refractivity contribution < 1.29 is 18.0 Å². The van der Waals surface area contributed by atoms with Gasteiger partial charge in [-0.1, -0.05) is 53.6 Å². The van der Waals surface area contributed by atoms with E-state index in [0.29, 0.717) is 47.5 Å². The fourth-order valence-electron chi connectivity index (χ4n) is 4.81. The number of carbonyl (C=O) groups excluding carboxylic acids is 1. The molecule has 196 valence electrons. The summed E-state index contributed by atoms with van der Waals surface area (Å²) in [6.45, 7) is 1.61. The third kappa shape index (κ3) is 5.57. The van der Waals surface area contributed by atoms with E-state index in [1.165, 1.54) is 16.8 Å². The Hall–Kier alpha value is -3.33. The Kier molecular flexibility index (Phi) is 7.47. The van der Waals surface area contributed by atoms with Crippen molar-refractivity contribution in [3.05, 3.63) is 105 Å². The number of halogens is 5. The van der Waals surface area contributed by atoms with Crippen LogP contribution in [0.4, 0.5) is 18.0 Å². The van der Waals surface area contributed by atoms with E-state index in [2.05, 4.69) is 15.2 Å². The van der Waals surface area contributed by atoms with Gasteiger partial charge in [0.15, 0.2) is 0 Å². The number of hydrogen-bond acceptors (Lipinski definition) is 3. The van der Waals surface area contributed by atoms with E-state index in [9.17, 15) is 18.0 Å². The second-order valence-electron chi connectivity index (χ2n) is 9.04. The fourth-order valence-corrected chi connectivity index (χ4v) is 5.14. The van der Waals surface area contributed by atoms with Gasteiger partial charge in [0.2, 0.25) is 0 Å². The Labute approximate surface area is 227 Å². The van der Waals surface area contributed by atoms with E-state index in [4.69, 9.17) is 23.2 Å². The van der Waals surface area contributed by atoms with Crippen LogP contribution >= 0.6 is 23.2 Å². The zero-order chi connectivity index (χ0) is 26.9. The summed E-state index contributed by atoms with van der Waals surface area (Å²) in [5.74, 6) is 0. The normalized spacial score (nSPS) is 14.2. The summed E-state index contributed by atoms with van der Waals surface area (Å²) in [6, 6.07) is 14.2. The standard InChI is InChI=1S/C28H23Cl2F3N4O/c29-20-8-6-18(7-9-20)3-2-13-36-14-11-23-21(17-36)26-22(28(31,32)33)4-1-5-24(26)37(23)27(38)35-16-19-10-12-34-25(30)15-19/h1-10,12,15H,11,13-14,16-17H2,(H,35,38)/b3-2+. The number of rotatable bonds is 5. The molecule has 10 heteroatoms. The SMILES string of the molecule is O=C(NCc1ccnc(Cl)c1)n1c2c(c3c(C(F)(F)F)cccc31)CN(C/C=C/c1ccc(Cl)cc1)CC2. The topological polar surface area (TPSA) is 50.2 Å². The lowest BCUT2D eigenvalue weighted by atomic mass is 10.0. The number of amides is 1. The highest BCUT2D eigenvalue weighted by atomic mass is 35.5. The number of nitrogens with one attached hydrogen (secondary N) is 1. The predicted molar refractivity (Wildman–Crippen MR) is 143 cm³/mol. The van der Waals surface area contributed by atoms with E-state index in [1.54, 1.807) is 30.3 Å². The van der Waals surface area contributed by atoms with Crippen molar-refractivity contribution in [2.24, 2.45) is 0 Å². The van der Waals surface area contributed by atoms with Crippen molar-refractivity contribution in [3.8, 4) is 0 Å². The summed E-state index contributed by atoms with van der Waals surface area (Å²) in [5.41, 5.74) is 2.35. The van der Waals surface area contributed by atoms with Crippen LogP contribution in [0.5, 0.6) is 0 Å². The molecule has 0 unspecified atom stereocenters. The first-order chi connectivity index (χ1) is 18.2. The van der Waals surface area contributed by atoms with Crippen molar-refractivity contribution >= 4 is 46.2 Å². The lowest BCUT2D eigenvalue weighted by molar-refractivity contribution is -0.136. The summed E-state index contributed by atoms with van der Waals surface area (Å²) in [7, 11) is 0. The summed E-state index contributed by atoms with van der Waals surface area (Å²) in [6.07, 6.45) is 1.34. The molecule has 4 aromatic rings. The van der Waals surface area contributed by atoms with Gasteiger partial charge < -0.3 is 5.32 Å². The minimum atomic E-state index is -4.56. The molecule has 2 aromatic carbocycles. The fraction of sp³-hybridized carbons (Fsp3) is 0.214. The molecule has 1 aliphatic rings. The van der Waals surface area contributed by atoms with E-state index in [-0.39, 0.29) is 17.4 Å². The molecule has 1 aliphatic heterocycles. The summed E-state index contributed by atoms with van der Waals surface area (Å²) in [5, 5.41) is 3.83. The average molecular weight is 559 g/mol. The summed E-state index contributed by atoms with van der Waals surface area (Å²) in [4.78, 5) is 19.3. The molecular weight excluding hydrogens is 536 g/mol. The Morgan fingerprint density at radius 1 is 1.11 bits per heavy atom. The van der Waals surface area contributed by atoms with E-state index in [1.807, 2.05) is 24.3 Å². The van der Waals surface area contributed by atoms with Crippen LogP contribution in [0, 0.1) is 0 Å². The Morgan fingerprint density at radius 2 is 1.89 bits per heavy atom. The van der Waals surface area contributed by atoms with Gasteiger partial charge in [0.1, 0.15) is 5.15 Å². The zero-order valence-electron chi connectivity index (χ0n) is 20.1. The highest BCUT2D eigenvalue weighted by molar-refractivity contribution is 6.30. The van der Waals surface area contributed by atoms with Crippen LogP contribution in [0.15, 0.2) is 66.9 Å². The molecule has 0 saturated carbocycles. The Morgan fingerprint density at radius 3 is 2.63 bits per heavy atom. The van der Waals surface area contributed by atoms with Gasteiger partial charge in [0.25, 0.3) is 0 Å². The molecule has 0 bridgehead atoms. The maximum absolute atomic E-state index is 14.1. The molecule has 5 nitrogen and oxygen atoms in total. The van der Waals surface area contributed by atoms with Crippen LogP contribution < -0.4 is 5.32 Å². The summed E-state index contributed by atoms with van der Waals surface area (Å²) < 4.78 is 43.6. The van der Waals surface area contributed by atoms with Gasteiger partial charge in [-0.2, -0.15) is 13.2 Å². The highest BCUT2D eigenvalue weighted by Crippen LogP contribution is 2.40. The lowest BCUT2D eigenvalue weighted by Crippen LogP contribution is -2.34. The molecule has 1 amide bonds. The third-order valence-corrected chi connectivity index (χ3v) is 7.00. The van der Waals surface area contributed by atoms with Crippen molar-refractivity contribution in [2.45, 2.75) is 25.7 Å². The number of nitrogens with zero attached hydrogens (tertiary/aromatic N) is 3. The molecule has 0 aliphatic carbocycles. The molecule has 0 saturated heterocycles. The van der Waals surface area contributed by atoms with Gasteiger partial charge in [-0.3, -0.25) is 9.47 Å². The van der Waals surface area contributed by atoms with Crippen LogP contribution in [0.3, 0.4) is 0 Å². The number of carbonyl (C=O) groups is 1. The van der Waals surface area contributed by atoms with Gasteiger partial charge in [-0.15, -0.1) is 0 Å². The molecular formula is C28H23Cl2F3N4O. The highest BCUT2D eigenvalue weighted by Gasteiger charge is 2.37. The molecule has 5 rings (SSSR count). The van der Waals surface area contributed by atoms with E-state index < -0.39 is 17.8 Å². The molecule has 3 heterocycles. The number of hydrogen-bond donors (Lipinski definition) is 1. The minimum Gasteiger partial charge on any atom is -0.333 e. The number of pyridine rings is 1. The Bertz CT molecular complexity index is 1510. The molecule has 2 aromatic heterocycles. The zero-order valence-corrected chi connectivity index (χ0v) is 21.6. The van der Waals surface area contributed by atoms with Crippen LogP contribution in [0.1, 0.15) is 27.9 Å². The lowest BCUT2D eigenvalue weighted by Gasteiger charge is -2.27. The number of aromatic nitrogens is 2. The Balaban J connectivity index is 1.45. The molecule has 0 radical (unpaired) electrons. The molecule has 0 spiro atoms. The first kappa shape index (κ1) is 26.3. The summed E-state index contributed by atoms with van der Waals surface area (Å²) >= 11 is 11.9. The van der Waals surface area contributed by atoms with Gasteiger partial charge in [0.05, 0.1) is 11.1 Å². The van der Waals surface area contributed by atoms with Crippen LogP contribution in [-0.4, -0.2) is 33.6 Å². The number of benzene rings is 2.